The van der Waals surface area contributed by atoms with Crippen molar-refractivity contribution in [1.29, 1.82) is 0 Å². The number of thiazole rings is 1. The van der Waals surface area contributed by atoms with Crippen LogP contribution in [0, 0.1) is 5.92 Å². The van der Waals surface area contributed by atoms with Gasteiger partial charge in [-0.25, -0.2) is 4.98 Å². The van der Waals surface area contributed by atoms with Crippen LogP contribution in [0.4, 0.5) is 0 Å². The van der Waals surface area contributed by atoms with Gasteiger partial charge in [0.25, 0.3) is 0 Å². The van der Waals surface area contributed by atoms with Crippen LogP contribution in [-0.4, -0.2) is 34.2 Å². The van der Waals surface area contributed by atoms with Gasteiger partial charge in [0.2, 0.25) is 0 Å². The second-order valence-corrected chi connectivity index (χ2v) is 7.13. The summed E-state index contributed by atoms with van der Waals surface area (Å²) in [5.41, 5.74) is 2.35. The lowest BCUT2D eigenvalue weighted by Crippen LogP contribution is -2.46. The van der Waals surface area contributed by atoms with Gasteiger partial charge in [-0.3, -0.25) is 4.90 Å². The summed E-state index contributed by atoms with van der Waals surface area (Å²) in [4.78, 5) is 7.13. The van der Waals surface area contributed by atoms with Crippen LogP contribution in [0.2, 0.25) is 0 Å². The highest BCUT2D eigenvalue weighted by Gasteiger charge is 2.28. The van der Waals surface area contributed by atoms with E-state index in [9.17, 15) is 5.11 Å². The zero-order chi connectivity index (χ0) is 13.9. The Kier molecular flexibility index (Phi) is 4.51. The largest absolute Gasteiger partial charge is 0.395 e. The highest BCUT2D eigenvalue weighted by Crippen LogP contribution is 2.28. The average Bonchev–Trinajstić information content (AvgIpc) is 3.09. The highest BCUT2D eigenvalue weighted by molar-refractivity contribution is 7.14. The van der Waals surface area contributed by atoms with Crippen molar-refractivity contribution in [3.05, 3.63) is 27.9 Å². The van der Waals surface area contributed by atoms with Gasteiger partial charge >= 0.3 is 0 Å². The normalized spacial score (nSPS) is 24.1. The first-order valence-electron chi connectivity index (χ1n) is 7.10. The Morgan fingerprint density at radius 1 is 1.45 bits per heavy atom. The Balaban J connectivity index is 1.71. The summed E-state index contributed by atoms with van der Waals surface area (Å²) in [6, 6.07) is 2.40. The zero-order valence-electron chi connectivity index (χ0n) is 11.7. The van der Waals surface area contributed by atoms with Crippen LogP contribution in [0.25, 0.3) is 10.6 Å². The first-order chi connectivity index (χ1) is 9.78. The van der Waals surface area contributed by atoms with Gasteiger partial charge in [0, 0.05) is 28.9 Å². The fraction of sp³-hybridized carbons (Fsp3) is 0.533. The first kappa shape index (κ1) is 14.2. The number of hydrogen-bond acceptors (Lipinski definition) is 5. The minimum atomic E-state index is 0.253. The minimum Gasteiger partial charge on any atom is -0.395 e. The molecule has 2 atom stereocenters. The molecular weight excluding hydrogens is 288 g/mol. The van der Waals surface area contributed by atoms with Crippen molar-refractivity contribution in [2.24, 2.45) is 5.92 Å². The van der Waals surface area contributed by atoms with Crippen LogP contribution in [0.3, 0.4) is 0 Å². The van der Waals surface area contributed by atoms with Crippen molar-refractivity contribution < 1.29 is 5.11 Å². The third-order valence-electron chi connectivity index (χ3n) is 4.10. The van der Waals surface area contributed by atoms with E-state index in [0.717, 1.165) is 23.8 Å². The van der Waals surface area contributed by atoms with Gasteiger partial charge in [-0.1, -0.05) is 6.92 Å². The number of likely N-dealkylation sites (tertiary alicyclic amines) is 1. The molecule has 2 aromatic heterocycles. The Bertz CT molecular complexity index is 538. The van der Waals surface area contributed by atoms with E-state index in [1.807, 2.05) is 0 Å². The third kappa shape index (κ3) is 2.96. The molecule has 2 unspecified atom stereocenters. The van der Waals surface area contributed by atoms with E-state index in [4.69, 9.17) is 4.98 Å². The summed E-state index contributed by atoms with van der Waals surface area (Å²) in [5.74, 6) is 0.573. The molecule has 3 rings (SSSR count). The summed E-state index contributed by atoms with van der Waals surface area (Å²) in [7, 11) is 0. The highest BCUT2D eigenvalue weighted by atomic mass is 32.1. The molecule has 0 bridgehead atoms. The van der Waals surface area contributed by atoms with Crippen molar-refractivity contribution >= 4 is 22.7 Å². The molecule has 1 fully saturated rings. The molecule has 1 saturated heterocycles. The minimum absolute atomic E-state index is 0.253. The van der Waals surface area contributed by atoms with Crippen molar-refractivity contribution in [3.8, 4) is 10.6 Å². The molecule has 0 radical (unpaired) electrons. The van der Waals surface area contributed by atoms with Gasteiger partial charge in [0.1, 0.15) is 5.01 Å². The van der Waals surface area contributed by atoms with E-state index in [0.29, 0.717) is 5.92 Å². The van der Waals surface area contributed by atoms with Crippen LogP contribution < -0.4 is 0 Å². The number of thiophene rings is 1. The first-order valence-corrected chi connectivity index (χ1v) is 8.92. The fourth-order valence-corrected chi connectivity index (χ4v) is 4.46. The van der Waals surface area contributed by atoms with E-state index in [1.54, 1.807) is 22.7 Å². The molecule has 20 heavy (non-hydrogen) atoms. The smallest absolute Gasteiger partial charge is 0.124 e. The Hall–Kier alpha value is -0.750. The maximum Gasteiger partial charge on any atom is 0.124 e. The van der Waals surface area contributed by atoms with Crippen molar-refractivity contribution in [1.82, 2.24) is 9.88 Å². The van der Waals surface area contributed by atoms with Gasteiger partial charge in [0.05, 0.1) is 12.3 Å². The molecule has 0 spiro atoms. The van der Waals surface area contributed by atoms with Gasteiger partial charge in [0.15, 0.2) is 0 Å². The van der Waals surface area contributed by atoms with Crippen molar-refractivity contribution in [2.75, 3.05) is 13.2 Å². The molecule has 108 valence electrons. The SMILES string of the molecule is CC1CCCN(Cc2csc(-c3ccsc3)n2)C1CO. The van der Waals surface area contributed by atoms with E-state index in [-0.39, 0.29) is 12.6 Å². The van der Waals surface area contributed by atoms with Crippen molar-refractivity contribution in [2.45, 2.75) is 32.4 Å². The van der Waals surface area contributed by atoms with E-state index in [1.165, 1.54) is 18.4 Å². The second-order valence-electron chi connectivity index (χ2n) is 5.50. The summed E-state index contributed by atoms with van der Waals surface area (Å²) in [6.45, 7) is 4.42. The quantitative estimate of drug-likeness (QED) is 0.939. The molecule has 2 aromatic rings. The summed E-state index contributed by atoms with van der Waals surface area (Å²) in [6.07, 6.45) is 2.44. The monoisotopic (exact) mass is 308 g/mol. The number of aromatic nitrogens is 1. The Morgan fingerprint density at radius 3 is 3.10 bits per heavy atom. The molecule has 1 aliphatic rings. The molecule has 0 amide bonds. The zero-order valence-corrected chi connectivity index (χ0v) is 13.3. The predicted octanol–water partition coefficient (Wildman–Crippen LogP) is 3.46. The Morgan fingerprint density at radius 2 is 2.35 bits per heavy atom. The molecule has 0 saturated carbocycles. The maximum absolute atomic E-state index is 9.61. The molecule has 1 aliphatic heterocycles. The molecule has 3 heterocycles. The summed E-state index contributed by atoms with van der Waals surface area (Å²) in [5, 5.41) is 17.1. The van der Waals surface area contributed by atoms with Crippen LogP contribution in [0.15, 0.2) is 22.2 Å². The lowest BCUT2D eigenvalue weighted by atomic mass is 9.91. The lowest BCUT2D eigenvalue weighted by Gasteiger charge is -2.38. The van der Waals surface area contributed by atoms with Crippen LogP contribution in [0.5, 0.6) is 0 Å². The van der Waals surface area contributed by atoms with E-state index >= 15 is 0 Å². The van der Waals surface area contributed by atoms with Crippen LogP contribution >= 0.6 is 22.7 Å². The number of aliphatic hydroxyl groups is 1. The fourth-order valence-electron chi connectivity index (χ4n) is 2.93. The Labute approximate surface area is 127 Å². The number of piperidine rings is 1. The third-order valence-corrected chi connectivity index (χ3v) is 5.73. The van der Waals surface area contributed by atoms with Gasteiger partial charge in [-0.2, -0.15) is 11.3 Å². The number of nitrogens with zero attached hydrogens (tertiary/aromatic N) is 2. The predicted molar refractivity (Wildman–Crippen MR) is 85.1 cm³/mol. The molecule has 5 heteroatoms. The maximum atomic E-state index is 9.61. The van der Waals surface area contributed by atoms with Gasteiger partial charge < -0.3 is 5.11 Å². The van der Waals surface area contributed by atoms with Gasteiger partial charge in [-0.05, 0) is 36.8 Å². The molecule has 0 aliphatic carbocycles. The van der Waals surface area contributed by atoms with Gasteiger partial charge in [-0.15, -0.1) is 11.3 Å². The summed E-state index contributed by atoms with van der Waals surface area (Å²) < 4.78 is 0. The summed E-state index contributed by atoms with van der Waals surface area (Å²) >= 11 is 3.42. The van der Waals surface area contributed by atoms with Crippen molar-refractivity contribution in [3.63, 3.8) is 0 Å². The number of aliphatic hydroxyl groups excluding tert-OH is 1. The molecule has 1 N–H and O–H groups in total. The topological polar surface area (TPSA) is 36.4 Å². The van der Waals surface area contributed by atoms with E-state index in [2.05, 4.69) is 34.0 Å². The lowest BCUT2D eigenvalue weighted by molar-refractivity contribution is 0.0465. The molecular formula is C15H20N2OS2. The number of rotatable bonds is 4. The average molecular weight is 308 g/mol. The molecule has 0 aromatic carbocycles. The van der Waals surface area contributed by atoms with Crippen LogP contribution in [-0.2, 0) is 6.54 Å². The van der Waals surface area contributed by atoms with E-state index < -0.39 is 0 Å². The van der Waals surface area contributed by atoms with Crippen LogP contribution in [0.1, 0.15) is 25.5 Å². The second kappa shape index (κ2) is 6.35. The standard InChI is InChI=1S/C15H20N2OS2/c1-11-3-2-5-17(14(11)8-18)7-13-10-20-15(16-13)12-4-6-19-9-12/h4,6,9-11,14,18H,2-3,5,7-8H2,1H3. The molecule has 3 nitrogen and oxygen atoms in total. The number of hydrogen-bond donors (Lipinski definition) is 1.